The van der Waals surface area contributed by atoms with Crippen molar-refractivity contribution in [2.45, 2.75) is 57.2 Å². The predicted molar refractivity (Wildman–Crippen MR) is 207 cm³/mol. The summed E-state index contributed by atoms with van der Waals surface area (Å²) < 4.78 is 32.4. The van der Waals surface area contributed by atoms with Crippen molar-refractivity contribution >= 4 is 51.3 Å². The number of hydrogen-bond acceptors (Lipinski definition) is 13. The van der Waals surface area contributed by atoms with E-state index in [1.54, 1.807) is 48.5 Å². The highest BCUT2D eigenvalue weighted by molar-refractivity contribution is 6.10. The lowest BCUT2D eigenvalue weighted by Crippen LogP contribution is -2.37. The summed E-state index contributed by atoms with van der Waals surface area (Å²) in [7, 11) is 0. The van der Waals surface area contributed by atoms with Gasteiger partial charge in [-0.2, -0.15) is 4.89 Å². The topological polar surface area (TPSA) is 171 Å². The van der Waals surface area contributed by atoms with Gasteiger partial charge in [-0.05, 0) is 109 Å². The smallest absolute Gasteiger partial charge is 0.339 e. The molecule has 2 amide bonds. The molecule has 0 aromatic heterocycles. The summed E-state index contributed by atoms with van der Waals surface area (Å²) in [6.07, 6.45) is 4.97. The molecule has 0 bridgehead atoms. The summed E-state index contributed by atoms with van der Waals surface area (Å²) in [4.78, 5) is 72.6. The molecule has 4 aromatic rings. The number of fused-ring (bicyclic) bond motifs is 2. The molecule has 4 aromatic carbocycles. The van der Waals surface area contributed by atoms with Gasteiger partial charge in [0.25, 0.3) is 11.8 Å². The number of hydrogen-bond donors (Lipinski definition) is 1. The van der Waals surface area contributed by atoms with Gasteiger partial charge in [0, 0.05) is 6.08 Å². The van der Waals surface area contributed by atoms with E-state index in [9.17, 15) is 24.0 Å². The summed E-state index contributed by atoms with van der Waals surface area (Å²) in [6.45, 7) is 8.58. The Labute approximate surface area is 329 Å². The van der Waals surface area contributed by atoms with E-state index in [4.69, 9.17) is 38.2 Å². The highest BCUT2D eigenvalue weighted by Gasteiger charge is 2.47. The Hall–Kier alpha value is -6.25. The second-order valence-electron chi connectivity index (χ2n) is 12.9. The summed E-state index contributed by atoms with van der Waals surface area (Å²) in [6, 6.07) is 20.5. The molecule has 1 saturated heterocycles. The van der Waals surface area contributed by atoms with Gasteiger partial charge in [0.15, 0.2) is 0 Å². The van der Waals surface area contributed by atoms with Crippen molar-refractivity contribution in [1.29, 1.82) is 0 Å². The van der Waals surface area contributed by atoms with Crippen molar-refractivity contribution in [3.8, 4) is 11.5 Å². The van der Waals surface area contributed by atoms with Gasteiger partial charge in [-0.15, -0.1) is 0 Å². The van der Waals surface area contributed by atoms with Gasteiger partial charge in [-0.1, -0.05) is 43.8 Å². The average molecular weight is 784 g/mol. The number of unbranched alkanes of at least 4 members (excludes halogenated alkanes) is 5. The largest absolute Gasteiger partial charge is 0.494 e. The van der Waals surface area contributed by atoms with Gasteiger partial charge in [0.2, 0.25) is 19.0 Å². The molecule has 1 aliphatic rings. The first-order valence-electron chi connectivity index (χ1n) is 18.6. The molecule has 5 rings (SSSR count). The van der Waals surface area contributed by atoms with Crippen molar-refractivity contribution in [3.05, 3.63) is 109 Å². The van der Waals surface area contributed by atoms with E-state index in [2.05, 4.69) is 18.5 Å². The van der Waals surface area contributed by atoms with Crippen LogP contribution in [0.4, 0.5) is 0 Å². The zero-order valence-electron chi connectivity index (χ0n) is 31.4. The molecule has 14 nitrogen and oxygen atoms in total. The molecular formula is C43H45NO13. The van der Waals surface area contributed by atoms with E-state index in [-0.39, 0.29) is 17.9 Å². The normalized spacial score (nSPS) is 14.8. The molecule has 2 atom stereocenters. The molecule has 1 heterocycles. The fourth-order valence-corrected chi connectivity index (χ4v) is 5.80. The van der Waals surface area contributed by atoms with E-state index in [1.807, 2.05) is 12.1 Å². The third-order valence-electron chi connectivity index (χ3n) is 8.78. The molecule has 0 saturated carbocycles. The molecule has 300 valence electrons. The SMILES string of the molecule is C=COCOOCCCCCCOc1ccc2cc(C(=O)O[C@@H]3C(=O)NC(=O)[C@H]3OC(=O)c3ccc4cc(OCCCCCOC(=O)C=C)ccc4c3)ccc2c1. The Morgan fingerprint density at radius 2 is 1.05 bits per heavy atom. The molecular weight excluding hydrogens is 738 g/mol. The molecule has 1 aliphatic heterocycles. The first kappa shape index (κ1) is 41.9. The molecule has 0 unspecified atom stereocenters. The summed E-state index contributed by atoms with van der Waals surface area (Å²) in [5.41, 5.74) is 0.270. The first-order valence-corrected chi connectivity index (χ1v) is 18.6. The number of ether oxygens (including phenoxy) is 6. The Balaban J connectivity index is 1.09. The number of esters is 3. The fraction of sp³-hybridized carbons (Fsp3) is 0.326. The van der Waals surface area contributed by atoms with Crippen molar-refractivity contribution in [2.75, 3.05) is 33.2 Å². The molecule has 0 aliphatic carbocycles. The Kier molecular flexibility index (Phi) is 16.0. The Morgan fingerprint density at radius 3 is 1.58 bits per heavy atom. The van der Waals surface area contributed by atoms with Gasteiger partial charge in [0.1, 0.15) is 11.5 Å². The van der Waals surface area contributed by atoms with Crippen LogP contribution in [0.3, 0.4) is 0 Å². The van der Waals surface area contributed by atoms with Crippen LogP contribution in [-0.2, 0) is 43.1 Å². The van der Waals surface area contributed by atoms with Gasteiger partial charge in [-0.3, -0.25) is 14.9 Å². The Morgan fingerprint density at radius 1 is 0.579 bits per heavy atom. The molecule has 0 spiro atoms. The quantitative estimate of drug-likeness (QED) is 0.00919. The van der Waals surface area contributed by atoms with Crippen LogP contribution in [0.5, 0.6) is 11.5 Å². The second-order valence-corrected chi connectivity index (χ2v) is 12.9. The van der Waals surface area contributed by atoms with Gasteiger partial charge in [-0.25, -0.2) is 19.3 Å². The molecule has 1 N–H and O–H groups in total. The lowest BCUT2D eigenvalue weighted by atomic mass is 10.1. The highest BCUT2D eigenvalue weighted by Crippen LogP contribution is 2.26. The van der Waals surface area contributed by atoms with E-state index in [0.717, 1.165) is 60.8 Å². The lowest BCUT2D eigenvalue weighted by Gasteiger charge is -2.17. The van der Waals surface area contributed by atoms with Crippen LogP contribution in [0.2, 0.25) is 0 Å². The first-order chi connectivity index (χ1) is 27.7. The third-order valence-corrected chi connectivity index (χ3v) is 8.78. The predicted octanol–water partition coefficient (Wildman–Crippen LogP) is 6.68. The van der Waals surface area contributed by atoms with Crippen molar-refractivity contribution < 1.29 is 62.2 Å². The van der Waals surface area contributed by atoms with Crippen LogP contribution in [-0.4, -0.2) is 75.2 Å². The second kappa shape index (κ2) is 21.7. The number of carbonyl (C=O) groups excluding carboxylic acids is 5. The summed E-state index contributed by atoms with van der Waals surface area (Å²) >= 11 is 0. The van der Waals surface area contributed by atoms with Crippen LogP contribution in [0.1, 0.15) is 65.7 Å². The van der Waals surface area contributed by atoms with Crippen LogP contribution in [0.25, 0.3) is 21.5 Å². The minimum Gasteiger partial charge on any atom is -0.494 e. The van der Waals surface area contributed by atoms with Crippen LogP contribution < -0.4 is 14.8 Å². The molecule has 57 heavy (non-hydrogen) atoms. The molecule has 1 fully saturated rings. The number of nitrogens with one attached hydrogen (secondary N) is 1. The van der Waals surface area contributed by atoms with Gasteiger partial charge < -0.3 is 28.4 Å². The van der Waals surface area contributed by atoms with Crippen molar-refractivity contribution in [3.63, 3.8) is 0 Å². The summed E-state index contributed by atoms with van der Waals surface area (Å²) in [5.74, 6) is -2.65. The van der Waals surface area contributed by atoms with Gasteiger partial charge >= 0.3 is 17.9 Å². The number of amides is 2. The number of carbonyl (C=O) groups is 5. The monoisotopic (exact) mass is 783 g/mol. The molecule has 14 heteroatoms. The average Bonchev–Trinajstić information content (AvgIpc) is 3.48. The standard InChI is InChI=1S/C43H45NO13/c1-3-37(45)53-22-10-7-9-21-52-36-19-17-30-25-34(15-13-32(30)27-36)43(49)57-39-38(40(46)44-41(39)47)56-42(48)33-14-12-31-26-35(18-16-29(31)24-33)51-20-8-5-6-11-23-54-55-28-50-4-2/h3-4,12-19,24-27,38-39H,1-2,5-11,20-23,28H2,(H,44,46,47)/t38-,39-/m0/s1. The lowest BCUT2D eigenvalue weighted by molar-refractivity contribution is -0.329. The van der Waals surface area contributed by atoms with E-state index < -0.39 is 41.9 Å². The minimum absolute atomic E-state index is 0.00744. The number of rotatable bonds is 24. The van der Waals surface area contributed by atoms with E-state index >= 15 is 0 Å². The minimum atomic E-state index is -1.68. The van der Waals surface area contributed by atoms with Crippen molar-refractivity contribution in [2.24, 2.45) is 0 Å². The van der Waals surface area contributed by atoms with Gasteiger partial charge in [0.05, 0.1) is 43.8 Å². The maximum Gasteiger partial charge on any atom is 0.339 e. The van der Waals surface area contributed by atoms with E-state index in [1.165, 1.54) is 18.4 Å². The highest BCUT2D eigenvalue weighted by atomic mass is 17.2. The van der Waals surface area contributed by atoms with Crippen molar-refractivity contribution in [1.82, 2.24) is 5.32 Å². The number of benzene rings is 4. The van der Waals surface area contributed by atoms with Crippen LogP contribution >= 0.6 is 0 Å². The maximum absolute atomic E-state index is 13.2. The zero-order valence-corrected chi connectivity index (χ0v) is 31.4. The zero-order chi connectivity index (χ0) is 40.4. The third kappa shape index (κ3) is 12.6. The summed E-state index contributed by atoms with van der Waals surface area (Å²) in [5, 5.41) is 5.13. The fourth-order valence-electron chi connectivity index (χ4n) is 5.80. The molecule has 0 radical (unpaired) electrons. The number of imide groups is 1. The van der Waals surface area contributed by atoms with E-state index in [0.29, 0.717) is 49.7 Å². The Bertz CT molecular complexity index is 2060. The van der Waals surface area contributed by atoms with Crippen LogP contribution in [0.15, 0.2) is 98.3 Å². The van der Waals surface area contributed by atoms with Crippen LogP contribution in [0, 0.1) is 0 Å². The maximum atomic E-state index is 13.2.